The molecule has 0 spiro atoms. The molecule has 12 heavy (non-hydrogen) atoms. The van der Waals surface area contributed by atoms with E-state index in [9.17, 15) is 0 Å². The Labute approximate surface area is 77.1 Å². The highest BCUT2D eigenvalue weighted by atomic mass is 35.5. The Morgan fingerprint density at radius 2 is 2.42 bits per heavy atom. The monoisotopic (exact) mass is 185 g/mol. The summed E-state index contributed by atoms with van der Waals surface area (Å²) in [5.41, 5.74) is 6.39. The van der Waals surface area contributed by atoms with E-state index in [1.165, 1.54) is 0 Å². The number of hydrogen-bond donors (Lipinski definition) is 1. The fourth-order valence-electron chi connectivity index (χ4n) is 0.992. The zero-order chi connectivity index (χ0) is 8.97. The number of likely N-dealkylation sites (N-methyl/N-ethyl adjacent to an activating group) is 1. The molecule has 1 aromatic rings. The maximum Gasteiger partial charge on any atom is 0.0822 e. The Morgan fingerprint density at radius 3 is 3.00 bits per heavy atom. The van der Waals surface area contributed by atoms with Gasteiger partial charge in [-0.3, -0.25) is 4.98 Å². The van der Waals surface area contributed by atoms with Crippen LogP contribution in [0.15, 0.2) is 18.5 Å². The predicted molar refractivity (Wildman–Crippen MR) is 51.6 cm³/mol. The SMILES string of the molecule is CN(CCN)c1ccncc1Cl. The van der Waals surface area contributed by atoms with Crippen LogP contribution in [-0.4, -0.2) is 25.1 Å². The molecule has 0 saturated heterocycles. The Bertz CT molecular complexity index is 252. The highest BCUT2D eigenvalue weighted by Crippen LogP contribution is 2.22. The minimum atomic E-state index is 0.620. The minimum Gasteiger partial charge on any atom is -0.372 e. The van der Waals surface area contributed by atoms with Crippen molar-refractivity contribution in [3.63, 3.8) is 0 Å². The third-order valence-electron chi connectivity index (χ3n) is 1.63. The lowest BCUT2D eigenvalue weighted by atomic mass is 10.3. The molecule has 1 aromatic heterocycles. The third-order valence-corrected chi connectivity index (χ3v) is 1.92. The molecule has 1 rings (SSSR count). The first-order valence-corrected chi connectivity index (χ1v) is 4.14. The van der Waals surface area contributed by atoms with Gasteiger partial charge in [-0.05, 0) is 6.07 Å². The molecular formula is C8H12ClN3. The van der Waals surface area contributed by atoms with Gasteiger partial charge >= 0.3 is 0 Å². The Hall–Kier alpha value is -0.800. The van der Waals surface area contributed by atoms with Crippen LogP contribution >= 0.6 is 11.6 Å². The summed E-state index contributed by atoms with van der Waals surface area (Å²) in [7, 11) is 1.95. The molecule has 3 nitrogen and oxygen atoms in total. The van der Waals surface area contributed by atoms with Gasteiger partial charge in [-0.1, -0.05) is 11.6 Å². The van der Waals surface area contributed by atoms with E-state index in [1.807, 2.05) is 18.0 Å². The van der Waals surface area contributed by atoms with Crippen LogP contribution in [0, 0.1) is 0 Å². The average molecular weight is 186 g/mol. The summed E-state index contributed by atoms with van der Waals surface area (Å²) >= 11 is 5.91. The second-order valence-electron chi connectivity index (χ2n) is 2.54. The highest BCUT2D eigenvalue weighted by Gasteiger charge is 2.03. The lowest BCUT2D eigenvalue weighted by Crippen LogP contribution is -2.25. The molecule has 0 aliphatic carbocycles. The van der Waals surface area contributed by atoms with Gasteiger partial charge in [0.1, 0.15) is 0 Å². The molecule has 0 radical (unpaired) electrons. The summed E-state index contributed by atoms with van der Waals surface area (Å²) < 4.78 is 0. The zero-order valence-corrected chi connectivity index (χ0v) is 7.75. The van der Waals surface area contributed by atoms with Crippen molar-refractivity contribution in [2.24, 2.45) is 5.73 Å². The lowest BCUT2D eigenvalue weighted by molar-refractivity contribution is 0.884. The van der Waals surface area contributed by atoms with Crippen LogP contribution in [0.25, 0.3) is 0 Å². The number of nitrogens with two attached hydrogens (primary N) is 1. The number of hydrogen-bond acceptors (Lipinski definition) is 3. The van der Waals surface area contributed by atoms with Crippen LogP contribution in [0.2, 0.25) is 5.02 Å². The van der Waals surface area contributed by atoms with Gasteiger partial charge in [0.15, 0.2) is 0 Å². The summed E-state index contributed by atoms with van der Waals surface area (Å²) in [6, 6.07) is 1.87. The molecule has 0 bridgehead atoms. The molecule has 0 amide bonds. The Balaban J connectivity index is 2.79. The van der Waals surface area contributed by atoms with Gasteiger partial charge in [0, 0.05) is 32.5 Å². The standard InChI is InChI=1S/C8H12ClN3/c1-12(5-3-10)8-2-4-11-6-7(8)9/h2,4,6H,3,5,10H2,1H3. The Kier molecular flexibility index (Phi) is 3.31. The van der Waals surface area contributed by atoms with E-state index in [4.69, 9.17) is 17.3 Å². The molecule has 0 saturated carbocycles. The molecule has 0 aliphatic rings. The number of halogens is 1. The van der Waals surface area contributed by atoms with E-state index in [-0.39, 0.29) is 0 Å². The largest absolute Gasteiger partial charge is 0.372 e. The molecular weight excluding hydrogens is 174 g/mol. The van der Waals surface area contributed by atoms with E-state index < -0.39 is 0 Å². The summed E-state index contributed by atoms with van der Waals surface area (Å²) in [4.78, 5) is 5.90. The van der Waals surface area contributed by atoms with Gasteiger partial charge in [-0.2, -0.15) is 0 Å². The van der Waals surface area contributed by atoms with Crippen molar-refractivity contribution in [3.05, 3.63) is 23.5 Å². The van der Waals surface area contributed by atoms with Crippen molar-refractivity contribution >= 4 is 17.3 Å². The van der Waals surface area contributed by atoms with Crippen LogP contribution < -0.4 is 10.6 Å². The molecule has 0 unspecified atom stereocenters. The van der Waals surface area contributed by atoms with Crippen molar-refractivity contribution in [2.45, 2.75) is 0 Å². The van der Waals surface area contributed by atoms with Gasteiger partial charge in [0.2, 0.25) is 0 Å². The second-order valence-corrected chi connectivity index (χ2v) is 2.94. The maximum atomic E-state index is 5.91. The van der Waals surface area contributed by atoms with Crippen LogP contribution in [0.4, 0.5) is 5.69 Å². The van der Waals surface area contributed by atoms with Crippen LogP contribution in [-0.2, 0) is 0 Å². The summed E-state index contributed by atoms with van der Waals surface area (Å²) in [5, 5.41) is 0.661. The van der Waals surface area contributed by atoms with E-state index in [0.29, 0.717) is 11.6 Å². The first kappa shape index (κ1) is 9.29. The van der Waals surface area contributed by atoms with E-state index in [0.717, 1.165) is 12.2 Å². The van der Waals surface area contributed by atoms with Crippen molar-refractivity contribution in [1.29, 1.82) is 0 Å². The second kappa shape index (κ2) is 4.28. The number of anilines is 1. The first-order chi connectivity index (χ1) is 5.75. The molecule has 1 heterocycles. The Morgan fingerprint density at radius 1 is 1.67 bits per heavy atom. The van der Waals surface area contributed by atoms with Crippen LogP contribution in [0.5, 0.6) is 0 Å². The van der Waals surface area contributed by atoms with Crippen LogP contribution in [0.3, 0.4) is 0 Å². The van der Waals surface area contributed by atoms with Crippen molar-refractivity contribution < 1.29 is 0 Å². The first-order valence-electron chi connectivity index (χ1n) is 3.76. The normalized spacial score (nSPS) is 9.92. The number of aromatic nitrogens is 1. The van der Waals surface area contributed by atoms with Gasteiger partial charge in [-0.15, -0.1) is 0 Å². The zero-order valence-electron chi connectivity index (χ0n) is 7.00. The van der Waals surface area contributed by atoms with E-state index >= 15 is 0 Å². The van der Waals surface area contributed by atoms with Gasteiger partial charge in [-0.25, -0.2) is 0 Å². The number of pyridine rings is 1. The predicted octanol–water partition coefficient (Wildman–Crippen LogP) is 1.13. The number of rotatable bonds is 3. The van der Waals surface area contributed by atoms with Crippen LogP contribution in [0.1, 0.15) is 0 Å². The van der Waals surface area contributed by atoms with Crippen molar-refractivity contribution in [2.75, 3.05) is 25.0 Å². The third kappa shape index (κ3) is 2.09. The molecule has 66 valence electrons. The fraction of sp³-hybridized carbons (Fsp3) is 0.375. The molecule has 0 atom stereocenters. The molecule has 2 N–H and O–H groups in total. The maximum absolute atomic E-state index is 5.91. The number of nitrogens with zero attached hydrogens (tertiary/aromatic N) is 2. The summed E-state index contributed by atoms with van der Waals surface area (Å²) in [5.74, 6) is 0. The summed E-state index contributed by atoms with van der Waals surface area (Å²) in [6.45, 7) is 1.42. The minimum absolute atomic E-state index is 0.620. The van der Waals surface area contributed by atoms with Gasteiger partial charge in [0.05, 0.1) is 10.7 Å². The van der Waals surface area contributed by atoms with E-state index in [2.05, 4.69) is 4.98 Å². The summed E-state index contributed by atoms with van der Waals surface area (Å²) in [6.07, 6.45) is 3.35. The smallest absolute Gasteiger partial charge is 0.0822 e. The van der Waals surface area contributed by atoms with E-state index in [1.54, 1.807) is 12.4 Å². The molecule has 4 heteroatoms. The fourth-order valence-corrected chi connectivity index (χ4v) is 1.26. The van der Waals surface area contributed by atoms with Gasteiger partial charge in [0.25, 0.3) is 0 Å². The topological polar surface area (TPSA) is 42.1 Å². The highest BCUT2D eigenvalue weighted by molar-refractivity contribution is 6.33. The molecule has 0 aromatic carbocycles. The average Bonchev–Trinajstić information content (AvgIpc) is 2.05. The quantitative estimate of drug-likeness (QED) is 0.768. The lowest BCUT2D eigenvalue weighted by Gasteiger charge is -2.18. The van der Waals surface area contributed by atoms with Gasteiger partial charge < -0.3 is 10.6 Å². The molecule has 0 aliphatic heterocycles. The molecule has 0 fully saturated rings. The van der Waals surface area contributed by atoms with Crippen molar-refractivity contribution in [3.8, 4) is 0 Å². The van der Waals surface area contributed by atoms with Crippen molar-refractivity contribution in [1.82, 2.24) is 4.98 Å².